The van der Waals surface area contributed by atoms with Crippen LogP contribution in [0.1, 0.15) is 44.5 Å². The summed E-state index contributed by atoms with van der Waals surface area (Å²) in [6.45, 7) is 8.58. The van der Waals surface area contributed by atoms with Gasteiger partial charge in [-0.25, -0.2) is 0 Å². The van der Waals surface area contributed by atoms with Crippen molar-refractivity contribution >= 4 is 18.5 Å². The lowest BCUT2D eigenvalue weighted by molar-refractivity contribution is 0.00578. The van der Waals surface area contributed by atoms with E-state index >= 15 is 0 Å². The second kappa shape index (κ2) is 6.40. The highest BCUT2D eigenvalue weighted by atomic mass is 16.7. The van der Waals surface area contributed by atoms with E-state index in [1.54, 1.807) is 12.1 Å². The highest BCUT2D eigenvalue weighted by Gasteiger charge is 2.51. The van der Waals surface area contributed by atoms with Crippen LogP contribution in [0, 0.1) is 0 Å². The summed E-state index contributed by atoms with van der Waals surface area (Å²) in [6.07, 6.45) is 0.553. The molecule has 0 atom stereocenters. The minimum Gasteiger partial charge on any atom is -0.399 e. The lowest BCUT2D eigenvalue weighted by Gasteiger charge is -2.32. The van der Waals surface area contributed by atoms with Gasteiger partial charge < -0.3 is 19.7 Å². The zero-order valence-electron chi connectivity index (χ0n) is 13.7. The molecule has 0 bridgehead atoms. The molecule has 1 aliphatic rings. The summed E-state index contributed by atoms with van der Waals surface area (Å²) >= 11 is 0. The monoisotopic (exact) mass is 305 g/mol. The summed E-state index contributed by atoms with van der Waals surface area (Å²) < 4.78 is 12.0. The molecule has 1 fully saturated rings. The number of aliphatic hydroxyl groups excluding tert-OH is 1. The fourth-order valence-electron chi connectivity index (χ4n) is 2.15. The molecule has 5 nitrogen and oxygen atoms in total. The number of rotatable bonds is 5. The van der Waals surface area contributed by atoms with Crippen LogP contribution < -0.4 is 10.8 Å². The molecule has 0 radical (unpaired) electrons. The lowest BCUT2D eigenvalue weighted by Crippen LogP contribution is -2.41. The topological polar surface area (TPSA) is 67.8 Å². The normalized spacial score (nSPS) is 19.2. The Balaban J connectivity index is 2.02. The standard InChI is InChI=1S/C16H24BNO4/c1-15(2)16(3,4)22-17(21-15)13-8-6-12(7-9-13)14(20)18-10-5-11-19/h6-9,19H,5,10-11H2,1-4H3,(H,18,20). The minimum absolute atomic E-state index is 0.0706. The molecule has 1 aromatic carbocycles. The van der Waals surface area contributed by atoms with Gasteiger partial charge >= 0.3 is 7.12 Å². The first-order chi connectivity index (χ1) is 10.3. The number of nitrogens with one attached hydrogen (secondary N) is 1. The summed E-state index contributed by atoms with van der Waals surface area (Å²) in [4.78, 5) is 11.9. The molecule has 1 heterocycles. The van der Waals surface area contributed by atoms with E-state index in [1.807, 2.05) is 39.8 Å². The fraction of sp³-hybridized carbons (Fsp3) is 0.562. The van der Waals surface area contributed by atoms with E-state index in [2.05, 4.69) is 5.32 Å². The predicted molar refractivity (Wildman–Crippen MR) is 86.2 cm³/mol. The van der Waals surface area contributed by atoms with Crippen LogP contribution in [0.4, 0.5) is 0 Å². The van der Waals surface area contributed by atoms with Crippen LogP contribution in [0.15, 0.2) is 24.3 Å². The van der Waals surface area contributed by atoms with E-state index < -0.39 is 7.12 Å². The first kappa shape index (κ1) is 17.0. The van der Waals surface area contributed by atoms with Crippen molar-refractivity contribution in [1.29, 1.82) is 0 Å². The van der Waals surface area contributed by atoms with Crippen LogP contribution >= 0.6 is 0 Å². The summed E-state index contributed by atoms with van der Waals surface area (Å²) in [5.74, 6) is -0.145. The number of amides is 1. The molecule has 2 N–H and O–H groups in total. The highest BCUT2D eigenvalue weighted by Crippen LogP contribution is 2.36. The molecule has 0 unspecified atom stereocenters. The predicted octanol–water partition coefficient (Wildman–Crippen LogP) is 1.10. The number of hydrogen-bond acceptors (Lipinski definition) is 4. The van der Waals surface area contributed by atoms with Gasteiger partial charge in [-0.1, -0.05) is 12.1 Å². The second-order valence-electron chi connectivity index (χ2n) is 6.54. The molecule has 120 valence electrons. The molecular formula is C16H24BNO4. The van der Waals surface area contributed by atoms with Crippen molar-refractivity contribution in [2.24, 2.45) is 0 Å². The molecular weight excluding hydrogens is 281 g/mol. The van der Waals surface area contributed by atoms with E-state index in [-0.39, 0.29) is 23.7 Å². The van der Waals surface area contributed by atoms with Crippen molar-refractivity contribution in [3.05, 3.63) is 29.8 Å². The number of benzene rings is 1. The Bertz CT molecular complexity index is 511. The van der Waals surface area contributed by atoms with Crippen molar-refractivity contribution < 1.29 is 19.2 Å². The molecule has 0 aliphatic carbocycles. The molecule has 1 aliphatic heterocycles. The Morgan fingerprint density at radius 2 is 1.68 bits per heavy atom. The zero-order valence-corrected chi connectivity index (χ0v) is 13.7. The molecule has 1 amide bonds. The Hall–Kier alpha value is -1.37. The van der Waals surface area contributed by atoms with E-state index in [4.69, 9.17) is 14.4 Å². The average Bonchev–Trinajstić information content (AvgIpc) is 2.68. The van der Waals surface area contributed by atoms with Gasteiger partial charge in [0.2, 0.25) is 0 Å². The van der Waals surface area contributed by atoms with Gasteiger partial charge in [-0.15, -0.1) is 0 Å². The fourth-order valence-corrected chi connectivity index (χ4v) is 2.15. The third-order valence-electron chi connectivity index (χ3n) is 4.32. The highest BCUT2D eigenvalue weighted by molar-refractivity contribution is 6.62. The molecule has 6 heteroatoms. The van der Waals surface area contributed by atoms with Gasteiger partial charge in [0, 0.05) is 18.7 Å². The second-order valence-corrected chi connectivity index (χ2v) is 6.54. The van der Waals surface area contributed by atoms with Crippen LogP contribution in [0.5, 0.6) is 0 Å². The van der Waals surface area contributed by atoms with Gasteiger partial charge in [0.05, 0.1) is 11.2 Å². The van der Waals surface area contributed by atoms with E-state index in [9.17, 15) is 4.79 Å². The van der Waals surface area contributed by atoms with Crippen molar-refractivity contribution in [2.75, 3.05) is 13.2 Å². The van der Waals surface area contributed by atoms with Crippen LogP contribution in [0.2, 0.25) is 0 Å². The van der Waals surface area contributed by atoms with Crippen molar-refractivity contribution in [3.63, 3.8) is 0 Å². The quantitative estimate of drug-likeness (QED) is 0.631. The van der Waals surface area contributed by atoms with Crippen LogP contribution in [0.25, 0.3) is 0 Å². The van der Waals surface area contributed by atoms with Gasteiger partial charge in [-0.2, -0.15) is 0 Å². The van der Waals surface area contributed by atoms with Crippen LogP contribution in [0.3, 0.4) is 0 Å². The number of carbonyl (C=O) groups excluding carboxylic acids is 1. The Morgan fingerprint density at radius 1 is 1.14 bits per heavy atom. The van der Waals surface area contributed by atoms with Crippen LogP contribution in [-0.4, -0.2) is 42.5 Å². The molecule has 2 rings (SSSR count). The van der Waals surface area contributed by atoms with E-state index in [1.165, 1.54) is 0 Å². The van der Waals surface area contributed by atoms with Crippen molar-refractivity contribution in [3.8, 4) is 0 Å². The Kier molecular flexibility index (Phi) is 4.95. The largest absolute Gasteiger partial charge is 0.494 e. The molecule has 22 heavy (non-hydrogen) atoms. The summed E-state index contributed by atoms with van der Waals surface area (Å²) in [6, 6.07) is 7.22. The van der Waals surface area contributed by atoms with Gasteiger partial charge in [0.1, 0.15) is 0 Å². The third kappa shape index (κ3) is 3.51. The smallest absolute Gasteiger partial charge is 0.399 e. The van der Waals surface area contributed by atoms with Gasteiger partial charge in [-0.05, 0) is 51.7 Å². The first-order valence-electron chi connectivity index (χ1n) is 7.61. The van der Waals surface area contributed by atoms with Crippen molar-refractivity contribution in [1.82, 2.24) is 5.32 Å². The SMILES string of the molecule is CC1(C)OB(c2ccc(C(=O)NCCCO)cc2)OC1(C)C. The zero-order chi connectivity index (χ0) is 16.4. The first-order valence-corrected chi connectivity index (χ1v) is 7.61. The Morgan fingerprint density at radius 3 is 2.18 bits per heavy atom. The van der Waals surface area contributed by atoms with Crippen LogP contribution in [-0.2, 0) is 9.31 Å². The minimum atomic E-state index is -0.420. The molecule has 1 saturated heterocycles. The molecule has 0 aromatic heterocycles. The lowest BCUT2D eigenvalue weighted by atomic mass is 9.79. The summed E-state index contributed by atoms with van der Waals surface area (Å²) in [7, 11) is -0.420. The summed E-state index contributed by atoms with van der Waals surface area (Å²) in [5, 5.41) is 11.5. The number of hydrogen-bond donors (Lipinski definition) is 2. The van der Waals surface area contributed by atoms with Gasteiger partial charge in [0.15, 0.2) is 0 Å². The third-order valence-corrected chi connectivity index (χ3v) is 4.32. The van der Waals surface area contributed by atoms with Crippen molar-refractivity contribution in [2.45, 2.75) is 45.3 Å². The molecule has 1 aromatic rings. The maximum absolute atomic E-state index is 11.9. The van der Waals surface area contributed by atoms with Gasteiger partial charge in [-0.3, -0.25) is 4.79 Å². The number of aliphatic hydroxyl groups is 1. The molecule has 0 saturated carbocycles. The summed E-state index contributed by atoms with van der Waals surface area (Å²) in [5.41, 5.74) is 0.722. The van der Waals surface area contributed by atoms with E-state index in [0.717, 1.165) is 5.46 Å². The average molecular weight is 305 g/mol. The Labute approximate surface area is 132 Å². The maximum atomic E-state index is 11.9. The number of carbonyl (C=O) groups is 1. The van der Waals surface area contributed by atoms with Gasteiger partial charge in [0.25, 0.3) is 5.91 Å². The molecule has 0 spiro atoms. The maximum Gasteiger partial charge on any atom is 0.494 e. The van der Waals surface area contributed by atoms with E-state index in [0.29, 0.717) is 18.5 Å².